The molecule has 14 heteroatoms. The van der Waals surface area contributed by atoms with Crippen molar-refractivity contribution in [1.29, 1.82) is 0 Å². The van der Waals surface area contributed by atoms with Gasteiger partial charge in [-0.05, 0) is 52.7 Å². The van der Waals surface area contributed by atoms with Crippen molar-refractivity contribution in [2.45, 2.75) is 31.7 Å². The number of nitrogens with zero attached hydrogens (tertiary/aromatic N) is 1. The molecule has 0 spiro atoms. The number of benzene rings is 2. The second-order valence-electron chi connectivity index (χ2n) is 6.30. The van der Waals surface area contributed by atoms with Crippen molar-refractivity contribution in [3.8, 4) is 11.5 Å². The van der Waals surface area contributed by atoms with Crippen LogP contribution < -0.4 is 14.9 Å². The topological polar surface area (TPSA) is 42.8 Å². The standard InChI is InChI=1S/C19H14BrCl2F7N2O2/c1-2-32-15-6-10(8-30-31-19(28,29)17(23,24)18(25,26)27)5-13(20)16(15)33-9-11-3-4-12(21)7-14(11)22/h3-8,31H,2,9H2,1H3/b30-8+. The van der Waals surface area contributed by atoms with Crippen molar-refractivity contribution >= 4 is 45.3 Å². The molecule has 0 aromatic heterocycles. The van der Waals surface area contributed by atoms with Crippen LogP contribution in [0.15, 0.2) is 39.9 Å². The first-order valence-corrected chi connectivity index (χ1v) is 10.4. The lowest BCUT2D eigenvalue weighted by molar-refractivity contribution is -0.361. The Kier molecular flexibility index (Phi) is 8.74. The van der Waals surface area contributed by atoms with E-state index in [0.29, 0.717) is 27.2 Å². The highest BCUT2D eigenvalue weighted by molar-refractivity contribution is 9.10. The van der Waals surface area contributed by atoms with Crippen LogP contribution in [-0.2, 0) is 6.61 Å². The monoisotopic (exact) mass is 584 g/mol. The summed E-state index contributed by atoms with van der Waals surface area (Å²) >= 11 is 15.1. The highest BCUT2D eigenvalue weighted by atomic mass is 79.9. The fraction of sp³-hybridized carbons (Fsp3) is 0.316. The Morgan fingerprint density at radius 3 is 2.27 bits per heavy atom. The molecule has 1 N–H and O–H groups in total. The van der Waals surface area contributed by atoms with Crippen molar-refractivity contribution in [3.63, 3.8) is 0 Å². The van der Waals surface area contributed by atoms with E-state index >= 15 is 0 Å². The van der Waals surface area contributed by atoms with Gasteiger partial charge in [-0.1, -0.05) is 29.3 Å². The third kappa shape index (κ3) is 6.57. The molecular weight excluding hydrogens is 572 g/mol. The van der Waals surface area contributed by atoms with E-state index < -0.39 is 18.1 Å². The van der Waals surface area contributed by atoms with E-state index in [2.05, 4.69) is 21.0 Å². The zero-order chi connectivity index (χ0) is 25.0. The van der Waals surface area contributed by atoms with Crippen molar-refractivity contribution in [1.82, 2.24) is 5.43 Å². The molecular formula is C19H14BrCl2F7N2O2. The van der Waals surface area contributed by atoms with Crippen LogP contribution in [0.4, 0.5) is 30.7 Å². The molecule has 2 aromatic rings. The summed E-state index contributed by atoms with van der Waals surface area (Å²) in [6.45, 7) is 1.82. The van der Waals surface area contributed by atoms with Crippen molar-refractivity contribution < 1.29 is 40.2 Å². The van der Waals surface area contributed by atoms with Gasteiger partial charge in [0.2, 0.25) is 0 Å². The van der Waals surface area contributed by atoms with Crippen LogP contribution in [0.5, 0.6) is 11.5 Å². The number of halogens is 10. The first-order valence-electron chi connectivity index (χ1n) is 8.85. The number of hydrogen-bond donors (Lipinski definition) is 1. The van der Waals surface area contributed by atoms with Crippen LogP contribution >= 0.6 is 39.1 Å². The molecule has 0 heterocycles. The molecule has 0 aliphatic rings. The molecule has 2 aromatic carbocycles. The average molecular weight is 586 g/mol. The highest BCUT2D eigenvalue weighted by Gasteiger charge is 2.73. The van der Waals surface area contributed by atoms with E-state index in [9.17, 15) is 30.7 Å². The molecule has 182 valence electrons. The van der Waals surface area contributed by atoms with E-state index in [0.717, 1.165) is 0 Å². The summed E-state index contributed by atoms with van der Waals surface area (Å²) < 4.78 is 100. The first-order chi connectivity index (χ1) is 15.2. The lowest BCUT2D eigenvalue weighted by Gasteiger charge is -2.27. The molecule has 0 radical (unpaired) electrons. The van der Waals surface area contributed by atoms with Gasteiger partial charge in [-0.2, -0.15) is 35.8 Å². The molecule has 0 saturated heterocycles. The van der Waals surface area contributed by atoms with Gasteiger partial charge in [0.25, 0.3) is 0 Å². The summed E-state index contributed by atoms with van der Waals surface area (Å²) in [6.07, 6.45) is -5.86. The molecule has 0 aliphatic heterocycles. The van der Waals surface area contributed by atoms with E-state index in [1.54, 1.807) is 19.1 Å². The summed E-state index contributed by atoms with van der Waals surface area (Å²) in [5.74, 6) is -6.03. The van der Waals surface area contributed by atoms with Crippen LogP contribution in [0.2, 0.25) is 10.0 Å². The molecule has 33 heavy (non-hydrogen) atoms. The Labute approximate surface area is 201 Å². The van der Waals surface area contributed by atoms with Gasteiger partial charge < -0.3 is 9.47 Å². The highest BCUT2D eigenvalue weighted by Crippen LogP contribution is 2.45. The molecule has 0 aliphatic carbocycles. The molecule has 4 nitrogen and oxygen atoms in total. The fourth-order valence-electron chi connectivity index (χ4n) is 2.29. The van der Waals surface area contributed by atoms with Crippen LogP contribution in [0.25, 0.3) is 0 Å². The zero-order valence-electron chi connectivity index (χ0n) is 16.4. The largest absolute Gasteiger partial charge is 0.490 e. The Balaban J connectivity index is 2.23. The SMILES string of the molecule is CCOc1cc(/C=N/NC(F)(F)C(F)(F)C(F)(F)F)cc(Br)c1OCc1ccc(Cl)cc1Cl. The molecule has 0 fully saturated rings. The molecule has 0 atom stereocenters. The number of nitrogens with one attached hydrogen (secondary N) is 1. The summed E-state index contributed by atoms with van der Waals surface area (Å²) in [7, 11) is 0. The van der Waals surface area contributed by atoms with Gasteiger partial charge in [0, 0.05) is 15.6 Å². The lowest BCUT2D eigenvalue weighted by Crippen LogP contribution is -2.58. The third-order valence-corrected chi connectivity index (χ3v) is 5.06. The average Bonchev–Trinajstić information content (AvgIpc) is 2.68. The normalized spacial score (nSPS) is 12.8. The van der Waals surface area contributed by atoms with Crippen molar-refractivity contribution in [2.24, 2.45) is 5.10 Å². The van der Waals surface area contributed by atoms with E-state index in [1.165, 1.54) is 18.2 Å². The summed E-state index contributed by atoms with van der Waals surface area (Å²) in [5.41, 5.74) is 1.17. The quantitative estimate of drug-likeness (QED) is 0.144. The summed E-state index contributed by atoms with van der Waals surface area (Å²) in [4.78, 5) is 0. The predicted octanol–water partition coefficient (Wildman–Crippen LogP) is 7.45. The Bertz CT molecular complexity index is 1020. The van der Waals surface area contributed by atoms with Gasteiger partial charge in [0.15, 0.2) is 11.5 Å². The second-order valence-corrected chi connectivity index (χ2v) is 8.00. The summed E-state index contributed by atoms with van der Waals surface area (Å²) in [5, 5.41) is 3.60. The molecule has 0 saturated carbocycles. The van der Waals surface area contributed by atoms with Gasteiger partial charge >= 0.3 is 18.1 Å². The van der Waals surface area contributed by atoms with Gasteiger partial charge in [0.1, 0.15) is 6.61 Å². The minimum atomic E-state index is -6.48. The number of hydrazone groups is 1. The van der Waals surface area contributed by atoms with Gasteiger partial charge in [-0.25, -0.2) is 5.43 Å². The number of hydrogen-bond acceptors (Lipinski definition) is 4. The Morgan fingerprint density at radius 2 is 1.70 bits per heavy atom. The van der Waals surface area contributed by atoms with Crippen LogP contribution in [0.1, 0.15) is 18.1 Å². The fourth-order valence-corrected chi connectivity index (χ4v) is 3.33. The van der Waals surface area contributed by atoms with Gasteiger partial charge in [-0.15, -0.1) is 0 Å². The Hall–Kier alpha value is -1.92. The van der Waals surface area contributed by atoms with Crippen molar-refractivity contribution in [3.05, 3.63) is 56.0 Å². The smallest absolute Gasteiger partial charge is 0.462 e. The number of rotatable bonds is 9. The van der Waals surface area contributed by atoms with Crippen LogP contribution in [0, 0.1) is 0 Å². The van der Waals surface area contributed by atoms with Crippen LogP contribution in [0.3, 0.4) is 0 Å². The number of alkyl halides is 7. The second kappa shape index (κ2) is 10.6. The van der Waals surface area contributed by atoms with Crippen LogP contribution in [-0.4, -0.2) is 31.0 Å². The molecule has 2 rings (SSSR count). The van der Waals surface area contributed by atoms with Crippen molar-refractivity contribution in [2.75, 3.05) is 6.61 Å². The molecule has 0 bridgehead atoms. The van der Waals surface area contributed by atoms with E-state index in [4.69, 9.17) is 32.7 Å². The predicted molar refractivity (Wildman–Crippen MR) is 113 cm³/mol. The maximum atomic E-state index is 13.3. The summed E-state index contributed by atoms with van der Waals surface area (Å²) in [6, 6.07) is 1.65. The Morgan fingerprint density at radius 1 is 1.03 bits per heavy atom. The maximum Gasteiger partial charge on any atom is 0.462 e. The minimum absolute atomic E-state index is 0.00240. The van der Waals surface area contributed by atoms with Gasteiger partial charge in [0.05, 0.1) is 17.3 Å². The first kappa shape index (κ1) is 27.3. The third-order valence-electron chi connectivity index (χ3n) is 3.89. The number of ether oxygens (including phenoxy) is 2. The van der Waals surface area contributed by atoms with E-state index in [1.807, 2.05) is 0 Å². The molecule has 0 amide bonds. The maximum absolute atomic E-state index is 13.3. The van der Waals surface area contributed by atoms with E-state index in [-0.39, 0.29) is 34.7 Å². The van der Waals surface area contributed by atoms with Gasteiger partial charge in [-0.3, -0.25) is 0 Å². The molecule has 0 unspecified atom stereocenters. The minimum Gasteiger partial charge on any atom is -0.490 e. The zero-order valence-corrected chi connectivity index (χ0v) is 19.5. The lowest BCUT2D eigenvalue weighted by atomic mass is 10.2.